The van der Waals surface area contributed by atoms with Crippen LogP contribution in [0.15, 0.2) is 28.8 Å². The second kappa shape index (κ2) is 7.28. The first-order valence-electron chi connectivity index (χ1n) is 7.27. The zero-order valence-electron chi connectivity index (χ0n) is 12.8. The minimum Gasteiger partial charge on any atom is -0.478 e. The van der Waals surface area contributed by atoms with Crippen molar-refractivity contribution >= 4 is 29.2 Å². The molecule has 0 spiro atoms. The fourth-order valence-corrected chi connectivity index (χ4v) is 2.52. The summed E-state index contributed by atoms with van der Waals surface area (Å²) >= 11 is 5.87. The van der Waals surface area contributed by atoms with Gasteiger partial charge in [-0.2, -0.15) is 0 Å². The van der Waals surface area contributed by atoms with Gasteiger partial charge in [-0.25, -0.2) is 4.79 Å². The number of hydrogen-bond donors (Lipinski definition) is 2. The molecule has 0 atom stereocenters. The minimum atomic E-state index is -1.13. The van der Waals surface area contributed by atoms with Crippen molar-refractivity contribution in [1.82, 2.24) is 5.16 Å². The van der Waals surface area contributed by atoms with Gasteiger partial charge in [-0.05, 0) is 31.0 Å². The van der Waals surface area contributed by atoms with Crippen LogP contribution in [0.2, 0.25) is 5.02 Å². The summed E-state index contributed by atoms with van der Waals surface area (Å²) in [5.41, 5.74) is 1.10. The molecule has 1 aromatic carbocycles. The molecule has 0 radical (unpaired) electrons. The SMILES string of the molecule is CCC(CC)c1cc(C(=O)Nc2ccc(C(=O)O)c(Cl)c2)on1. The van der Waals surface area contributed by atoms with Crippen LogP contribution in [0.25, 0.3) is 0 Å². The molecular formula is C16H17ClN2O4. The highest BCUT2D eigenvalue weighted by molar-refractivity contribution is 6.33. The molecule has 2 N–H and O–H groups in total. The zero-order valence-corrected chi connectivity index (χ0v) is 13.6. The average molecular weight is 337 g/mol. The van der Waals surface area contributed by atoms with E-state index in [2.05, 4.69) is 24.3 Å². The molecule has 0 unspecified atom stereocenters. The van der Waals surface area contributed by atoms with Gasteiger partial charge in [0.2, 0.25) is 5.76 Å². The fourth-order valence-electron chi connectivity index (χ4n) is 2.25. The number of carboxylic acid groups (broad SMARTS) is 1. The molecule has 6 nitrogen and oxygen atoms in total. The van der Waals surface area contributed by atoms with E-state index in [9.17, 15) is 9.59 Å². The lowest BCUT2D eigenvalue weighted by atomic mass is 9.99. The molecule has 122 valence electrons. The van der Waals surface area contributed by atoms with Gasteiger partial charge >= 0.3 is 5.97 Å². The largest absolute Gasteiger partial charge is 0.478 e. The van der Waals surface area contributed by atoms with Gasteiger partial charge in [-0.15, -0.1) is 0 Å². The van der Waals surface area contributed by atoms with Gasteiger partial charge in [-0.3, -0.25) is 4.79 Å². The quantitative estimate of drug-likeness (QED) is 0.825. The minimum absolute atomic E-state index is 0.0275. The number of halogens is 1. The van der Waals surface area contributed by atoms with Crippen LogP contribution in [-0.4, -0.2) is 22.1 Å². The van der Waals surface area contributed by atoms with Gasteiger partial charge in [0, 0.05) is 17.7 Å². The Labute approximate surface area is 138 Å². The van der Waals surface area contributed by atoms with Crippen LogP contribution in [0, 0.1) is 0 Å². The second-order valence-electron chi connectivity index (χ2n) is 5.08. The molecule has 0 aliphatic carbocycles. The summed E-state index contributed by atoms with van der Waals surface area (Å²) in [6, 6.07) is 5.79. The van der Waals surface area contributed by atoms with E-state index in [1.807, 2.05) is 0 Å². The number of amides is 1. The van der Waals surface area contributed by atoms with Crippen molar-refractivity contribution in [2.45, 2.75) is 32.6 Å². The number of benzene rings is 1. The number of anilines is 1. The fraction of sp³-hybridized carbons (Fsp3) is 0.312. The van der Waals surface area contributed by atoms with Crippen molar-refractivity contribution < 1.29 is 19.2 Å². The predicted octanol–water partition coefficient (Wildman–Crippen LogP) is 4.18. The number of carbonyl (C=O) groups is 2. The van der Waals surface area contributed by atoms with Crippen LogP contribution >= 0.6 is 11.6 Å². The van der Waals surface area contributed by atoms with Crippen molar-refractivity contribution in [3.05, 3.63) is 46.3 Å². The molecule has 0 saturated carbocycles. The molecule has 1 amide bonds. The van der Waals surface area contributed by atoms with Gasteiger partial charge in [-0.1, -0.05) is 30.6 Å². The number of nitrogens with zero attached hydrogens (tertiary/aromatic N) is 1. The standard InChI is InChI=1S/C16H17ClN2O4/c1-3-9(4-2)13-8-14(23-19-13)15(20)18-10-5-6-11(16(21)22)12(17)7-10/h5-9H,3-4H2,1-2H3,(H,18,20)(H,21,22). The van der Waals surface area contributed by atoms with Gasteiger partial charge in [0.1, 0.15) is 0 Å². The van der Waals surface area contributed by atoms with Crippen molar-refractivity contribution in [3.8, 4) is 0 Å². The Morgan fingerprint density at radius 2 is 2.00 bits per heavy atom. The number of aromatic nitrogens is 1. The van der Waals surface area contributed by atoms with E-state index in [0.29, 0.717) is 5.69 Å². The van der Waals surface area contributed by atoms with E-state index < -0.39 is 11.9 Å². The highest BCUT2D eigenvalue weighted by Gasteiger charge is 2.18. The van der Waals surface area contributed by atoms with Crippen LogP contribution in [0.1, 0.15) is 59.2 Å². The maximum atomic E-state index is 12.2. The number of carboxylic acids is 1. The average Bonchev–Trinajstić information content (AvgIpc) is 2.98. The van der Waals surface area contributed by atoms with Crippen molar-refractivity contribution in [1.29, 1.82) is 0 Å². The third-order valence-corrected chi connectivity index (χ3v) is 3.93. The predicted molar refractivity (Wildman–Crippen MR) is 86.2 cm³/mol. The lowest BCUT2D eigenvalue weighted by Crippen LogP contribution is -2.11. The molecule has 1 heterocycles. The topological polar surface area (TPSA) is 92.4 Å². The number of aromatic carboxylic acids is 1. The maximum absolute atomic E-state index is 12.2. The summed E-state index contributed by atoms with van der Waals surface area (Å²) in [5.74, 6) is -1.23. The molecule has 2 rings (SSSR count). The molecule has 0 fully saturated rings. The number of carbonyl (C=O) groups excluding carboxylic acids is 1. The maximum Gasteiger partial charge on any atom is 0.337 e. The molecule has 2 aromatic rings. The lowest BCUT2D eigenvalue weighted by Gasteiger charge is -2.06. The van der Waals surface area contributed by atoms with Gasteiger partial charge < -0.3 is 14.9 Å². The third kappa shape index (κ3) is 3.90. The van der Waals surface area contributed by atoms with Crippen LogP contribution in [-0.2, 0) is 0 Å². The van der Waals surface area contributed by atoms with E-state index >= 15 is 0 Å². The Morgan fingerprint density at radius 3 is 2.57 bits per heavy atom. The summed E-state index contributed by atoms with van der Waals surface area (Å²) in [7, 11) is 0. The Morgan fingerprint density at radius 1 is 1.30 bits per heavy atom. The van der Waals surface area contributed by atoms with Crippen molar-refractivity contribution in [2.24, 2.45) is 0 Å². The Hall–Kier alpha value is -2.34. The highest BCUT2D eigenvalue weighted by atomic mass is 35.5. The van der Waals surface area contributed by atoms with Gasteiger partial charge in [0.25, 0.3) is 5.91 Å². The summed E-state index contributed by atoms with van der Waals surface area (Å²) in [6.45, 7) is 4.10. The molecular weight excluding hydrogens is 320 g/mol. The Bertz CT molecular complexity index is 723. The van der Waals surface area contributed by atoms with Crippen LogP contribution < -0.4 is 5.32 Å². The highest BCUT2D eigenvalue weighted by Crippen LogP contribution is 2.24. The Balaban J connectivity index is 2.13. The first-order valence-corrected chi connectivity index (χ1v) is 7.64. The van der Waals surface area contributed by atoms with Crippen molar-refractivity contribution in [2.75, 3.05) is 5.32 Å². The number of nitrogens with one attached hydrogen (secondary N) is 1. The van der Waals surface area contributed by atoms with E-state index in [1.54, 1.807) is 6.07 Å². The zero-order chi connectivity index (χ0) is 17.0. The normalized spacial score (nSPS) is 10.8. The molecule has 23 heavy (non-hydrogen) atoms. The lowest BCUT2D eigenvalue weighted by molar-refractivity contribution is 0.0697. The molecule has 7 heteroatoms. The van der Waals surface area contributed by atoms with Gasteiger partial charge in [0.15, 0.2) is 0 Å². The van der Waals surface area contributed by atoms with E-state index in [4.69, 9.17) is 21.2 Å². The summed E-state index contributed by atoms with van der Waals surface area (Å²) < 4.78 is 5.09. The van der Waals surface area contributed by atoms with Gasteiger partial charge in [0.05, 0.1) is 16.3 Å². The first-order chi connectivity index (χ1) is 11.0. The van der Waals surface area contributed by atoms with E-state index in [1.165, 1.54) is 18.2 Å². The van der Waals surface area contributed by atoms with Crippen LogP contribution in [0.5, 0.6) is 0 Å². The van der Waals surface area contributed by atoms with Crippen LogP contribution in [0.3, 0.4) is 0 Å². The molecule has 0 saturated heterocycles. The Kier molecular flexibility index (Phi) is 5.39. The summed E-state index contributed by atoms with van der Waals surface area (Å²) in [4.78, 5) is 23.1. The summed E-state index contributed by atoms with van der Waals surface area (Å²) in [6.07, 6.45) is 1.83. The van der Waals surface area contributed by atoms with E-state index in [-0.39, 0.29) is 22.3 Å². The molecule has 0 aliphatic rings. The van der Waals surface area contributed by atoms with E-state index in [0.717, 1.165) is 18.5 Å². The molecule has 0 bridgehead atoms. The van der Waals surface area contributed by atoms with Crippen molar-refractivity contribution in [3.63, 3.8) is 0 Å². The van der Waals surface area contributed by atoms with Crippen LogP contribution in [0.4, 0.5) is 5.69 Å². The smallest absolute Gasteiger partial charge is 0.337 e. The second-order valence-corrected chi connectivity index (χ2v) is 5.49. The summed E-state index contributed by atoms with van der Waals surface area (Å²) in [5, 5.41) is 15.5. The molecule has 0 aliphatic heterocycles. The molecule has 1 aromatic heterocycles. The monoisotopic (exact) mass is 336 g/mol. The number of rotatable bonds is 6. The third-order valence-electron chi connectivity index (χ3n) is 3.61. The number of hydrogen-bond acceptors (Lipinski definition) is 4. The first kappa shape index (κ1) is 17.0.